The van der Waals surface area contributed by atoms with E-state index in [0.29, 0.717) is 6.42 Å². The maximum absolute atomic E-state index is 11.4. The quantitative estimate of drug-likeness (QED) is 0.571. The Labute approximate surface area is 148 Å². The molecule has 4 atom stereocenters. The summed E-state index contributed by atoms with van der Waals surface area (Å²) in [5, 5.41) is 22.3. The minimum Gasteiger partial charge on any atom is -0.410 e. The molecule has 2 aliphatic rings. The lowest BCUT2D eigenvalue weighted by atomic mass is 9.62. The predicted octanol–water partition coefficient (Wildman–Crippen LogP) is 4.42. The summed E-state index contributed by atoms with van der Waals surface area (Å²) in [5.74, 6) is 0.141. The summed E-state index contributed by atoms with van der Waals surface area (Å²) >= 11 is 0. The Hall–Kier alpha value is -0.423. The molecule has 0 aromatic carbocycles. The van der Waals surface area contributed by atoms with E-state index in [-0.39, 0.29) is 17.1 Å². The van der Waals surface area contributed by atoms with Gasteiger partial charge >= 0.3 is 0 Å². The van der Waals surface area contributed by atoms with Crippen molar-refractivity contribution in [2.45, 2.75) is 90.3 Å². The van der Waals surface area contributed by atoms with Gasteiger partial charge in [-0.3, -0.25) is 0 Å². The lowest BCUT2D eigenvalue weighted by Crippen LogP contribution is -2.58. The van der Waals surface area contributed by atoms with E-state index in [1.54, 1.807) is 0 Å². The number of hydrogen-bond acceptors (Lipinski definition) is 3. The topological polar surface area (TPSA) is 49.7 Å². The zero-order valence-corrected chi connectivity index (χ0v) is 17.7. The maximum atomic E-state index is 11.4. The van der Waals surface area contributed by atoms with E-state index in [1.807, 2.05) is 13.0 Å². The summed E-state index contributed by atoms with van der Waals surface area (Å²) in [6, 6.07) is 0. The van der Waals surface area contributed by atoms with Crippen LogP contribution in [0.15, 0.2) is 23.8 Å². The molecule has 0 aromatic heterocycles. The molecule has 2 aliphatic carbocycles. The molecule has 138 valence electrons. The van der Waals surface area contributed by atoms with Crippen LogP contribution >= 0.6 is 0 Å². The van der Waals surface area contributed by atoms with E-state index in [9.17, 15) is 10.2 Å². The van der Waals surface area contributed by atoms with E-state index >= 15 is 0 Å². The highest BCUT2D eigenvalue weighted by atomic mass is 28.4. The number of allylic oxidation sites excluding steroid dienone is 1. The number of aliphatic hydroxyl groups is 2. The van der Waals surface area contributed by atoms with Crippen molar-refractivity contribution in [2.24, 2.45) is 11.3 Å². The van der Waals surface area contributed by atoms with E-state index < -0.39 is 25.4 Å². The van der Waals surface area contributed by atoms with Crippen LogP contribution in [-0.4, -0.2) is 36.3 Å². The molecule has 3 nitrogen and oxygen atoms in total. The van der Waals surface area contributed by atoms with Crippen LogP contribution in [0.5, 0.6) is 0 Å². The molecule has 4 heteroatoms. The predicted molar refractivity (Wildman–Crippen MR) is 102 cm³/mol. The van der Waals surface area contributed by atoms with Crippen LogP contribution in [0.4, 0.5) is 0 Å². The Kier molecular flexibility index (Phi) is 5.04. The average molecular weight is 353 g/mol. The minimum absolute atomic E-state index is 0.0238. The van der Waals surface area contributed by atoms with Gasteiger partial charge in [-0.05, 0) is 49.4 Å². The lowest BCUT2D eigenvalue weighted by Gasteiger charge is -2.50. The normalized spacial score (nSPS) is 36.8. The van der Waals surface area contributed by atoms with Gasteiger partial charge in [0.05, 0.1) is 6.10 Å². The highest BCUT2D eigenvalue weighted by molar-refractivity contribution is 6.74. The molecule has 2 N–H and O–H groups in total. The number of hydrogen-bond donors (Lipinski definition) is 2. The Morgan fingerprint density at radius 2 is 1.83 bits per heavy atom. The van der Waals surface area contributed by atoms with Gasteiger partial charge in [0.1, 0.15) is 11.7 Å². The Morgan fingerprint density at radius 3 is 2.38 bits per heavy atom. The van der Waals surface area contributed by atoms with Gasteiger partial charge < -0.3 is 14.6 Å². The summed E-state index contributed by atoms with van der Waals surface area (Å²) in [6.45, 7) is 17.4. The zero-order valence-electron chi connectivity index (χ0n) is 16.7. The lowest BCUT2D eigenvalue weighted by molar-refractivity contribution is -0.156. The van der Waals surface area contributed by atoms with Gasteiger partial charge in [-0.25, -0.2) is 0 Å². The molecule has 0 amide bonds. The number of fused-ring (bicyclic) bond motifs is 2. The van der Waals surface area contributed by atoms with Crippen molar-refractivity contribution >= 4 is 8.32 Å². The van der Waals surface area contributed by atoms with Crippen molar-refractivity contribution < 1.29 is 14.6 Å². The Morgan fingerprint density at radius 1 is 1.25 bits per heavy atom. The fourth-order valence-electron chi connectivity index (χ4n) is 3.84. The molecule has 0 aromatic rings. The summed E-state index contributed by atoms with van der Waals surface area (Å²) in [5.41, 5.74) is -0.733. The van der Waals surface area contributed by atoms with Crippen molar-refractivity contribution in [1.82, 2.24) is 0 Å². The molecule has 24 heavy (non-hydrogen) atoms. The molecule has 0 unspecified atom stereocenters. The summed E-state index contributed by atoms with van der Waals surface area (Å²) < 4.78 is 6.75. The monoisotopic (exact) mass is 352 g/mol. The standard InChI is InChI=1S/C20H36O3Si/c1-14-11-12-15-16(23-24(7,8)18(2,3)4)10-9-13-20(22,17(14)21)19(15,5)6/h9-11,15-17,21-22H,12-13H2,1-8H3/t15-,16-,17+,20+/m0/s1. The van der Waals surface area contributed by atoms with Crippen LogP contribution in [0.25, 0.3) is 0 Å². The second-order valence-electron chi connectivity index (χ2n) is 9.81. The number of aliphatic hydroxyl groups excluding tert-OH is 1. The fourth-order valence-corrected chi connectivity index (χ4v) is 5.12. The largest absolute Gasteiger partial charge is 0.410 e. The highest BCUT2D eigenvalue weighted by Crippen LogP contribution is 2.52. The molecule has 0 radical (unpaired) electrons. The first-order chi connectivity index (χ1) is 10.7. The Balaban J connectivity index is 2.45. The molecule has 0 aliphatic heterocycles. The SMILES string of the molecule is CC1=CC[C@H]2[C@@H](O[Si](C)(C)C(C)(C)C)C=CC[C@@](O)([C@@H]1O)C2(C)C. The van der Waals surface area contributed by atoms with Crippen molar-refractivity contribution in [3.63, 3.8) is 0 Å². The molecule has 0 spiro atoms. The van der Waals surface area contributed by atoms with Gasteiger partial charge in [0.25, 0.3) is 0 Å². The van der Waals surface area contributed by atoms with Gasteiger partial charge in [-0.15, -0.1) is 0 Å². The van der Waals surface area contributed by atoms with Gasteiger partial charge in [-0.2, -0.15) is 0 Å². The summed E-state index contributed by atoms with van der Waals surface area (Å²) in [7, 11) is -1.92. The first kappa shape index (κ1) is 19.9. The first-order valence-electron chi connectivity index (χ1n) is 9.15. The van der Waals surface area contributed by atoms with Crippen LogP contribution in [0.2, 0.25) is 18.1 Å². The van der Waals surface area contributed by atoms with E-state index in [2.05, 4.69) is 59.9 Å². The second-order valence-corrected chi connectivity index (χ2v) is 14.6. The molecule has 0 heterocycles. The van der Waals surface area contributed by atoms with Gasteiger partial charge in [-0.1, -0.05) is 52.8 Å². The zero-order chi connectivity index (χ0) is 18.6. The third-order valence-corrected chi connectivity index (χ3v) is 11.5. The van der Waals surface area contributed by atoms with Crippen LogP contribution in [-0.2, 0) is 4.43 Å². The molecule has 2 bridgehead atoms. The fraction of sp³-hybridized carbons (Fsp3) is 0.800. The van der Waals surface area contributed by atoms with Crippen LogP contribution in [0, 0.1) is 11.3 Å². The van der Waals surface area contributed by atoms with E-state index in [4.69, 9.17) is 4.43 Å². The second kappa shape index (κ2) is 6.08. The smallest absolute Gasteiger partial charge is 0.192 e. The average Bonchev–Trinajstić information content (AvgIpc) is 2.54. The third kappa shape index (κ3) is 3.07. The first-order valence-corrected chi connectivity index (χ1v) is 12.1. The van der Waals surface area contributed by atoms with Crippen molar-refractivity contribution in [3.05, 3.63) is 23.8 Å². The molecule has 0 saturated carbocycles. The van der Waals surface area contributed by atoms with Crippen molar-refractivity contribution in [3.8, 4) is 0 Å². The summed E-state index contributed by atoms with van der Waals surface area (Å²) in [4.78, 5) is 0. The maximum Gasteiger partial charge on any atom is 0.192 e. The van der Waals surface area contributed by atoms with Crippen molar-refractivity contribution in [1.29, 1.82) is 0 Å². The minimum atomic E-state index is -1.92. The van der Waals surface area contributed by atoms with Crippen LogP contribution in [0.3, 0.4) is 0 Å². The molecule has 0 saturated heterocycles. The van der Waals surface area contributed by atoms with Crippen molar-refractivity contribution in [2.75, 3.05) is 0 Å². The molecular weight excluding hydrogens is 316 g/mol. The third-order valence-electron chi connectivity index (χ3n) is 7.01. The molecular formula is C20H36O3Si. The van der Waals surface area contributed by atoms with Crippen LogP contribution < -0.4 is 0 Å². The molecule has 2 rings (SSSR count). The van der Waals surface area contributed by atoms with Gasteiger partial charge in [0, 0.05) is 5.41 Å². The van der Waals surface area contributed by atoms with E-state index in [0.717, 1.165) is 12.0 Å². The van der Waals surface area contributed by atoms with E-state index in [1.165, 1.54) is 0 Å². The Bertz CT molecular complexity index is 542. The summed E-state index contributed by atoms with van der Waals surface area (Å²) in [6.07, 6.45) is 6.67. The van der Waals surface area contributed by atoms with Gasteiger partial charge in [0.15, 0.2) is 8.32 Å². The van der Waals surface area contributed by atoms with Gasteiger partial charge in [0.2, 0.25) is 0 Å². The van der Waals surface area contributed by atoms with Crippen LogP contribution in [0.1, 0.15) is 54.4 Å². The highest BCUT2D eigenvalue weighted by Gasteiger charge is 2.57. The molecule has 0 fully saturated rings. The number of rotatable bonds is 2.